The highest BCUT2D eigenvalue weighted by molar-refractivity contribution is 5.96. The van der Waals surface area contributed by atoms with Crippen LogP contribution >= 0.6 is 0 Å². The number of nitrogens with one attached hydrogen (secondary N) is 2. The summed E-state index contributed by atoms with van der Waals surface area (Å²) in [6.07, 6.45) is 0. The van der Waals surface area contributed by atoms with Crippen LogP contribution in [-0.4, -0.2) is 35.7 Å². The molecule has 8 heteroatoms. The molecule has 2 aromatic carbocycles. The number of nitrogens with zero attached hydrogens (tertiary/aromatic N) is 2. The summed E-state index contributed by atoms with van der Waals surface area (Å²) in [5.41, 5.74) is 14.9. The number of anilines is 1. The van der Waals surface area contributed by atoms with Gasteiger partial charge in [-0.25, -0.2) is 10.3 Å². The minimum Gasteiger partial charge on any atom is -0.366 e. The third-order valence-corrected chi connectivity index (χ3v) is 4.49. The fourth-order valence-electron chi connectivity index (χ4n) is 2.92. The first-order chi connectivity index (χ1) is 12.8. The molecule has 0 unspecified atom stereocenters. The number of rotatable bonds is 4. The molecule has 8 nitrogen and oxygen atoms in total. The van der Waals surface area contributed by atoms with E-state index in [0.29, 0.717) is 23.5 Å². The molecule has 1 aliphatic rings. The van der Waals surface area contributed by atoms with E-state index in [0.717, 1.165) is 11.1 Å². The maximum Gasteiger partial charge on any atom is 0.324 e. The van der Waals surface area contributed by atoms with Gasteiger partial charge in [0.05, 0.1) is 17.8 Å². The molecule has 1 aliphatic heterocycles. The Hall–Kier alpha value is -3.26. The third-order valence-electron chi connectivity index (χ3n) is 4.49. The van der Waals surface area contributed by atoms with Gasteiger partial charge in [-0.15, -0.1) is 0 Å². The summed E-state index contributed by atoms with van der Waals surface area (Å²) >= 11 is 0. The van der Waals surface area contributed by atoms with Crippen molar-refractivity contribution in [3.05, 3.63) is 48.0 Å². The minimum atomic E-state index is -0.514. The van der Waals surface area contributed by atoms with Gasteiger partial charge >= 0.3 is 6.03 Å². The van der Waals surface area contributed by atoms with E-state index in [9.17, 15) is 9.59 Å². The molecule has 0 aliphatic carbocycles. The minimum absolute atomic E-state index is 0.201. The molecule has 2 aromatic rings. The monoisotopic (exact) mass is 367 g/mol. The number of carbonyl (C=O) groups is 2. The van der Waals surface area contributed by atoms with Crippen LogP contribution in [0.3, 0.4) is 0 Å². The Morgan fingerprint density at radius 2 is 1.96 bits per heavy atom. The summed E-state index contributed by atoms with van der Waals surface area (Å²) in [7, 11) is 0. The predicted octanol–water partition coefficient (Wildman–Crippen LogP) is 3.72. The molecule has 1 saturated heterocycles. The van der Waals surface area contributed by atoms with Crippen LogP contribution in [-0.2, 0) is 4.74 Å². The van der Waals surface area contributed by atoms with Crippen LogP contribution in [0, 0.1) is 5.53 Å². The Kier molecular flexibility index (Phi) is 4.91. The summed E-state index contributed by atoms with van der Waals surface area (Å²) in [4.78, 5) is 25.7. The highest BCUT2D eigenvalue weighted by Crippen LogP contribution is 2.32. The van der Waals surface area contributed by atoms with Crippen molar-refractivity contribution in [3.8, 4) is 11.1 Å². The summed E-state index contributed by atoms with van der Waals surface area (Å²) in [5, 5.41) is 6.29. The van der Waals surface area contributed by atoms with Crippen molar-refractivity contribution in [1.82, 2.24) is 4.90 Å². The molecule has 0 saturated carbocycles. The zero-order valence-corrected chi connectivity index (χ0v) is 15.2. The number of hydrogen-bond donors (Lipinski definition) is 3. The highest BCUT2D eigenvalue weighted by Gasteiger charge is 2.36. The van der Waals surface area contributed by atoms with E-state index in [1.165, 1.54) is 0 Å². The van der Waals surface area contributed by atoms with Crippen molar-refractivity contribution in [2.45, 2.75) is 19.4 Å². The molecular formula is C19H21N5O3. The second kappa shape index (κ2) is 7.16. The van der Waals surface area contributed by atoms with E-state index >= 15 is 0 Å². The number of hydrogen-bond acceptors (Lipinski definition) is 5. The Labute approximate surface area is 156 Å². The summed E-state index contributed by atoms with van der Waals surface area (Å²) in [5.74, 6) is -0.514. The third kappa shape index (κ3) is 3.80. The number of primary amides is 1. The predicted molar refractivity (Wildman–Crippen MR) is 101 cm³/mol. The van der Waals surface area contributed by atoms with E-state index in [4.69, 9.17) is 16.0 Å². The van der Waals surface area contributed by atoms with Gasteiger partial charge < -0.3 is 15.8 Å². The molecule has 3 amide bonds. The molecule has 1 heterocycles. The summed E-state index contributed by atoms with van der Waals surface area (Å²) in [6, 6.07) is 11.7. The Balaban J connectivity index is 1.92. The van der Waals surface area contributed by atoms with Crippen molar-refractivity contribution in [2.75, 3.05) is 18.7 Å². The number of benzene rings is 2. The fourth-order valence-corrected chi connectivity index (χ4v) is 2.92. The number of urea groups is 1. The van der Waals surface area contributed by atoms with Crippen LogP contribution in [0.5, 0.6) is 0 Å². The van der Waals surface area contributed by atoms with Gasteiger partial charge in [-0.3, -0.25) is 9.69 Å². The molecule has 0 radical (unpaired) electrons. The molecule has 3 rings (SSSR count). The first kappa shape index (κ1) is 18.5. The van der Waals surface area contributed by atoms with Gasteiger partial charge in [0.1, 0.15) is 12.4 Å². The molecule has 0 spiro atoms. The van der Waals surface area contributed by atoms with Gasteiger partial charge in [0.2, 0.25) is 5.91 Å². The lowest BCUT2D eigenvalue weighted by Crippen LogP contribution is -2.46. The second-order valence-corrected chi connectivity index (χ2v) is 6.94. The molecule has 27 heavy (non-hydrogen) atoms. The molecule has 0 bridgehead atoms. The van der Waals surface area contributed by atoms with E-state index in [1.54, 1.807) is 41.3 Å². The van der Waals surface area contributed by atoms with E-state index in [2.05, 4.69) is 10.4 Å². The maximum absolute atomic E-state index is 12.7. The smallest absolute Gasteiger partial charge is 0.324 e. The van der Waals surface area contributed by atoms with Crippen molar-refractivity contribution in [1.29, 1.82) is 5.53 Å². The van der Waals surface area contributed by atoms with Crippen LogP contribution in [0.4, 0.5) is 16.2 Å². The van der Waals surface area contributed by atoms with Crippen molar-refractivity contribution >= 4 is 23.3 Å². The number of amides is 3. The lowest BCUT2D eigenvalue weighted by atomic mass is 10.0. The second-order valence-electron chi connectivity index (χ2n) is 6.94. The average Bonchev–Trinajstić information content (AvgIpc) is 3.01. The van der Waals surface area contributed by atoms with Crippen molar-refractivity contribution < 1.29 is 14.3 Å². The van der Waals surface area contributed by atoms with E-state index in [-0.39, 0.29) is 12.8 Å². The molecule has 0 atom stereocenters. The van der Waals surface area contributed by atoms with Gasteiger partial charge in [-0.2, -0.15) is 5.11 Å². The first-order valence-corrected chi connectivity index (χ1v) is 8.40. The van der Waals surface area contributed by atoms with E-state index in [1.807, 2.05) is 19.9 Å². The topological polar surface area (TPSA) is 121 Å². The zero-order chi connectivity index (χ0) is 19.6. The van der Waals surface area contributed by atoms with E-state index < -0.39 is 11.4 Å². The van der Waals surface area contributed by atoms with Crippen LogP contribution in [0.2, 0.25) is 0 Å². The molecule has 0 aromatic heterocycles. The van der Waals surface area contributed by atoms with Gasteiger partial charge in [-0.05, 0) is 49.2 Å². The number of ether oxygens (including phenoxy) is 1. The van der Waals surface area contributed by atoms with Crippen LogP contribution in [0.25, 0.3) is 11.1 Å². The zero-order valence-electron chi connectivity index (χ0n) is 15.2. The Morgan fingerprint density at radius 1 is 1.22 bits per heavy atom. The normalized spacial score (nSPS) is 15.4. The Bertz CT molecular complexity index is 910. The lowest BCUT2D eigenvalue weighted by Gasteiger charge is -2.29. The SMILES string of the molecule is CC1(C)COCN1C(=O)Nc1cc(-c2cccc(C(N)=O)c2)ccc1N=N. The Morgan fingerprint density at radius 3 is 2.59 bits per heavy atom. The van der Waals surface area contributed by atoms with Crippen LogP contribution < -0.4 is 11.1 Å². The van der Waals surface area contributed by atoms with Gasteiger partial charge in [0.15, 0.2) is 0 Å². The molecular weight excluding hydrogens is 346 g/mol. The number of nitrogens with two attached hydrogens (primary N) is 1. The lowest BCUT2D eigenvalue weighted by molar-refractivity contribution is 0.1000. The average molecular weight is 367 g/mol. The summed E-state index contributed by atoms with van der Waals surface area (Å²) in [6.45, 7) is 4.49. The van der Waals surface area contributed by atoms with Crippen molar-refractivity contribution in [2.24, 2.45) is 10.8 Å². The summed E-state index contributed by atoms with van der Waals surface area (Å²) < 4.78 is 5.38. The molecule has 4 N–H and O–H groups in total. The van der Waals surface area contributed by atoms with Crippen molar-refractivity contribution in [3.63, 3.8) is 0 Å². The largest absolute Gasteiger partial charge is 0.366 e. The fraction of sp³-hybridized carbons (Fsp3) is 0.263. The standard InChI is InChI=1S/C19H21N5O3/c1-19(2)10-27-11-24(19)18(26)22-16-9-13(6-7-15(16)23-21)12-4-3-5-14(8-12)17(20)25/h3-9,21H,10-11H2,1-2H3,(H2,20,25)(H,22,26). The van der Waals surface area contributed by atoms with Crippen LogP contribution in [0.1, 0.15) is 24.2 Å². The van der Waals surface area contributed by atoms with Gasteiger partial charge in [0, 0.05) is 5.56 Å². The molecule has 1 fully saturated rings. The van der Waals surface area contributed by atoms with Crippen LogP contribution in [0.15, 0.2) is 47.6 Å². The van der Waals surface area contributed by atoms with Gasteiger partial charge in [0.25, 0.3) is 0 Å². The maximum atomic E-state index is 12.7. The quantitative estimate of drug-likeness (QED) is 0.714. The molecule has 140 valence electrons. The first-order valence-electron chi connectivity index (χ1n) is 8.40. The van der Waals surface area contributed by atoms with Gasteiger partial charge in [-0.1, -0.05) is 18.2 Å². The number of carbonyl (C=O) groups excluding carboxylic acids is 2. The highest BCUT2D eigenvalue weighted by atomic mass is 16.5.